The van der Waals surface area contributed by atoms with Crippen molar-refractivity contribution in [3.63, 3.8) is 0 Å². The monoisotopic (exact) mass is 185 g/mol. The zero-order valence-corrected chi connectivity index (χ0v) is 9.16. The molecule has 0 aromatic rings. The smallest absolute Gasteiger partial charge is 0.0695 e. The maximum atomic E-state index is 9.79. The molecule has 13 heavy (non-hydrogen) atoms. The second-order valence-corrected chi connectivity index (χ2v) is 4.40. The highest BCUT2D eigenvalue weighted by atomic mass is 16.3. The van der Waals surface area contributed by atoms with Gasteiger partial charge in [0.15, 0.2) is 0 Å². The lowest BCUT2D eigenvalue weighted by molar-refractivity contribution is 0.0519. The summed E-state index contributed by atoms with van der Waals surface area (Å²) in [5.41, 5.74) is 0. The van der Waals surface area contributed by atoms with Gasteiger partial charge in [-0.15, -0.1) is 0 Å². The van der Waals surface area contributed by atoms with Crippen LogP contribution in [0.3, 0.4) is 0 Å². The van der Waals surface area contributed by atoms with Crippen LogP contribution in [0.25, 0.3) is 0 Å². The molecule has 0 bridgehead atoms. The molecule has 1 fully saturated rings. The second-order valence-electron chi connectivity index (χ2n) is 4.40. The van der Waals surface area contributed by atoms with E-state index in [1.165, 1.54) is 19.3 Å². The van der Waals surface area contributed by atoms with E-state index in [9.17, 15) is 5.11 Å². The predicted molar refractivity (Wildman–Crippen MR) is 55.8 cm³/mol. The summed E-state index contributed by atoms with van der Waals surface area (Å²) in [5.74, 6) is 0. The summed E-state index contributed by atoms with van der Waals surface area (Å²) in [6, 6.07) is 0.998. The lowest BCUT2D eigenvalue weighted by Crippen LogP contribution is -2.44. The summed E-state index contributed by atoms with van der Waals surface area (Å²) >= 11 is 0. The van der Waals surface area contributed by atoms with Gasteiger partial charge in [0, 0.05) is 12.1 Å². The van der Waals surface area contributed by atoms with Gasteiger partial charge in [0.1, 0.15) is 0 Å². The Morgan fingerprint density at radius 1 is 1.38 bits per heavy atom. The van der Waals surface area contributed by atoms with Crippen LogP contribution in [0, 0.1) is 0 Å². The molecule has 0 unspecified atom stereocenters. The van der Waals surface area contributed by atoms with Gasteiger partial charge in [0.2, 0.25) is 0 Å². The SMILES string of the molecule is CCCN(C(C)C)[C@H]1CCC[C@@H]1O. The Balaban J connectivity index is 2.52. The summed E-state index contributed by atoms with van der Waals surface area (Å²) in [6.45, 7) is 7.78. The fourth-order valence-electron chi connectivity index (χ4n) is 2.37. The van der Waals surface area contributed by atoms with Gasteiger partial charge in [0.25, 0.3) is 0 Å². The molecule has 0 aromatic carbocycles. The fraction of sp³-hybridized carbons (Fsp3) is 1.00. The molecule has 0 radical (unpaired) electrons. The number of rotatable bonds is 4. The molecule has 0 amide bonds. The summed E-state index contributed by atoms with van der Waals surface area (Å²) in [4.78, 5) is 2.46. The maximum Gasteiger partial charge on any atom is 0.0695 e. The minimum atomic E-state index is -0.0750. The van der Waals surface area contributed by atoms with Crippen molar-refractivity contribution in [2.75, 3.05) is 6.54 Å². The van der Waals surface area contributed by atoms with Crippen molar-refractivity contribution in [2.24, 2.45) is 0 Å². The zero-order chi connectivity index (χ0) is 9.84. The molecule has 0 heterocycles. The Morgan fingerprint density at radius 2 is 2.08 bits per heavy atom. The van der Waals surface area contributed by atoms with E-state index in [-0.39, 0.29) is 6.10 Å². The highest BCUT2D eigenvalue weighted by Gasteiger charge is 2.31. The lowest BCUT2D eigenvalue weighted by atomic mass is 10.1. The molecular weight excluding hydrogens is 162 g/mol. The molecule has 0 spiro atoms. The van der Waals surface area contributed by atoms with E-state index in [1.54, 1.807) is 0 Å². The average molecular weight is 185 g/mol. The summed E-state index contributed by atoms with van der Waals surface area (Å²) in [5, 5.41) is 9.79. The Labute approximate surface area is 81.9 Å². The van der Waals surface area contributed by atoms with E-state index < -0.39 is 0 Å². The molecule has 0 aliphatic heterocycles. The molecule has 78 valence electrons. The Morgan fingerprint density at radius 3 is 2.46 bits per heavy atom. The van der Waals surface area contributed by atoms with Gasteiger partial charge in [-0.25, -0.2) is 0 Å². The molecule has 1 saturated carbocycles. The fourth-order valence-corrected chi connectivity index (χ4v) is 2.37. The van der Waals surface area contributed by atoms with Crippen molar-refractivity contribution in [3.05, 3.63) is 0 Å². The van der Waals surface area contributed by atoms with Crippen LogP contribution >= 0.6 is 0 Å². The van der Waals surface area contributed by atoms with Crippen molar-refractivity contribution in [1.29, 1.82) is 0 Å². The van der Waals surface area contributed by atoms with Gasteiger partial charge in [-0.1, -0.05) is 6.92 Å². The van der Waals surface area contributed by atoms with Gasteiger partial charge in [-0.2, -0.15) is 0 Å². The van der Waals surface area contributed by atoms with Crippen LogP contribution in [0.5, 0.6) is 0 Å². The van der Waals surface area contributed by atoms with Gasteiger partial charge in [-0.3, -0.25) is 4.90 Å². The summed E-state index contributed by atoms with van der Waals surface area (Å²) in [7, 11) is 0. The van der Waals surface area contributed by atoms with Crippen LogP contribution in [-0.4, -0.2) is 34.7 Å². The predicted octanol–water partition coefficient (Wildman–Crippen LogP) is 2.02. The van der Waals surface area contributed by atoms with Crippen LogP contribution < -0.4 is 0 Å². The standard InChI is InChI=1S/C11H23NO/c1-4-8-12(9(2)3)10-6-5-7-11(10)13/h9-11,13H,4-8H2,1-3H3/t10-,11-/m0/s1. The first kappa shape index (κ1) is 11.0. The molecule has 2 nitrogen and oxygen atoms in total. The first-order valence-corrected chi connectivity index (χ1v) is 5.60. The number of hydrogen-bond donors (Lipinski definition) is 1. The van der Waals surface area contributed by atoms with E-state index >= 15 is 0 Å². The molecule has 2 heteroatoms. The minimum absolute atomic E-state index is 0.0750. The van der Waals surface area contributed by atoms with E-state index in [1.807, 2.05) is 0 Å². The topological polar surface area (TPSA) is 23.5 Å². The molecule has 0 aromatic heterocycles. The van der Waals surface area contributed by atoms with Gasteiger partial charge in [0.05, 0.1) is 6.10 Å². The molecule has 1 rings (SSSR count). The molecule has 1 aliphatic rings. The third-order valence-electron chi connectivity index (χ3n) is 3.02. The van der Waals surface area contributed by atoms with Gasteiger partial charge >= 0.3 is 0 Å². The summed E-state index contributed by atoms with van der Waals surface area (Å²) < 4.78 is 0. The first-order valence-electron chi connectivity index (χ1n) is 5.60. The van der Waals surface area contributed by atoms with Gasteiger partial charge < -0.3 is 5.11 Å². The van der Waals surface area contributed by atoms with Crippen molar-refractivity contribution in [3.8, 4) is 0 Å². The van der Waals surface area contributed by atoms with E-state index in [4.69, 9.17) is 0 Å². The molecule has 1 aliphatic carbocycles. The highest BCUT2D eigenvalue weighted by Crippen LogP contribution is 2.25. The van der Waals surface area contributed by atoms with Gasteiger partial charge in [-0.05, 0) is 46.1 Å². The second kappa shape index (κ2) is 4.97. The first-order chi connectivity index (χ1) is 6.16. The van der Waals surface area contributed by atoms with Crippen molar-refractivity contribution in [1.82, 2.24) is 4.90 Å². The van der Waals surface area contributed by atoms with Crippen LogP contribution in [-0.2, 0) is 0 Å². The number of aliphatic hydroxyl groups excluding tert-OH is 1. The minimum Gasteiger partial charge on any atom is -0.391 e. The molecule has 0 saturated heterocycles. The van der Waals surface area contributed by atoms with Crippen LogP contribution in [0.1, 0.15) is 46.5 Å². The lowest BCUT2D eigenvalue weighted by Gasteiger charge is -2.34. The number of aliphatic hydroxyl groups is 1. The highest BCUT2D eigenvalue weighted by molar-refractivity contribution is 4.86. The number of hydrogen-bond acceptors (Lipinski definition) is 2. The Hall–Kier alpha value is -0.0800. The summed E-state index contributed by atoms with van der Waals surface area (Å²) in [6.07, 6.45) is 4.48. The van der Waals surface area contributed by atoms with Crippen LogP contribution in [0.4, 0.5) is 0 Å². The van der Waals surface area contributed by atoms with Crippen LogP contribution in [0.15, 0.2) is 0 Å². The number of nitrogens with zero attached hydrogens (tertiary/aromatic N) is 1. The van der Waals surface area contributed by atoms with Crippen molar-refractivity contribution >= 4 is 0 Å². The third-order valence-corrected chi connectivity index (χ3v) is 3.02. The largest absolute Gasteiger partial charge is 0.391 e. The third kappa shape index (κ3) is 2.68. The Kier molecular flexibility index (Phi) is 4.20. The normalized spacial score (nSPS) is 29.1. The molecule has 2 atom stereocenters. The van der Waals surface area contributed by atoms with E-state index in [2.05, 4.69) is 25.7 Å². The van der Waals surface area contributed by atoms with Crippen molar-refractivity contribution in [2.45, 2.75) is 64.6 Å². The van der Waals surface area contributed by atoms with Crippen LogP contribution in [0.2, 0.25) is 0 Å². The zero-order valence-electron chi connectivity index (χ0n) is 9.16. The Bertz CT molecular complexity index is 147. The quantitative estimate of drug-likeness (QED) is 0.724. The maximum absolute atomic E-state index is 9.79. The van der Waals surface area contributed by atoms with Crippen molar-refractivity contribution < 1.29 is 5.11 Å². The molecule has 1 N–H and O–H groups in total. The molecular formula is C11H23NO. The van der Waals surface area contributed by atoms with E-state index in [0.717, 1.165) is 13.0 Å². The average Bonchev–Trinajstić information content (AvgIpc) is 2.47. The van der Waals surface area contributed by atoms with E-state index in [0.29, 0.717) is 12.1 Å².